The van der Waals surface area contributed by atoms with Crippen molar-refractivity contribution in [1.82, 2.24) is 19.2 Å². The zero-order valence-electron chi connectivity index (χ0n) is 12.1. The highest BCUT2D eigenvalue weighted by molar-refractivity contribution is 7.03. The summed E-state index contributed by atoms with van der Waals surface area (Å²) in [5, 5.41) is 1.83. The summed E-state index contributed by atoms with van der Waals surface area (Å²) in [5.41, 5.74) is 1.55. The van der Waals surface area contributed by atoms with Gasteiger partial charge in [0.25, 0.3) is 5.91 Å². The largest absolute Gasteiger partial charge is 0.353 e. The van der Waals surface area contributed by atoms with Crippen molar-refractivity contribution in [3.63, 3.8) is 0 Å². The highest BCUT2D eigenvalue weighted by atomic mass is 32.1. The Balaban J connectivity index is 1.65. The molecule has 1 aliphatic rings. The van der Waals surface area contributed by atoms with Gasteiger partial charge in [-0.1, -0.05) is 0 Å². The second-order valence-electron chi connectivity index (χ2n) is 5.05. The van der Waals surface area contributed by atoms with Gasteiger partial charge in [0.15, 0.2) is 0 Å². The molecule has 0 unspecified atom stereocenters. The van der Waals surface area contributed by atoms with E-state index < -0.39 is 0 Å². The maximum absolute atomic E-state index is 12.4. The van der Waals surface area contributed by atoms with Crippen molar-refractivity contribution in [2.75, 3.05) is 31.1 Å². The summed E-state index contributed by atoms with van der Waals surface area (Å²) < 4.78 is 4.17. The molecule has 0 spiro atoms. The monoisotopic (exact) mass is 303 g/mol. The van der Waals surface area contributed by atoms with Crippen LogP contribution in [-0.4, -0.2) is 51.3 Å². The average molecular weight is 303 g/mol. The first-order chi connectivity index (χ1) is 10.1. The number of piperazine rings is 1. The Hall–Kier alpha value is -2.02. The third-order valence-electron chi connectivity index (χ3n) is 3.63. The van der Waals surface area contributed by atoms with Crippen molar-refractivity contribution < 1.29 is 4.79 Å². The lowest BCUT2D eigenvalue weighted by molar-refractivity contribution is 0.0746. The summed E-state index contributed by atoms with van der Waals surface area (Å²) in [6.07, 6.45) is 1.77. The Bertz CT molecular complexity index is 648. The molecule has 6 nitrogen and oxygen atoms in total. The smallest absolute Gasteiger partial charge is 0.256 e. The molecule has 0 N–H and O–H groups in total. The Labute approximate surface area is 127 Å². The molecule has 21 heavy (non-hydrogen) atoms. The number of amides is 1. The summed E-state index contributed by atoms with van der Waals surface area (Å²) >= 11 is 1.33. The van der Waals surface area contributed by atoms with Gasteiger partial charge >= 0.3 is 0 Å². The van der Waals surface area contributed by atoms with E-state index in [1.807, 2.05) is 30.2 Å². The number of carbonyl (C=O) groups is 1. The van der Waals surface area contributed by atoms with Crippen molar-refractivity contribution in [3.8, 4) is 0 Å². The van der Waals surface area contributed by atoms with Gasteiger partial charge in [-0.05, 0) is 31.4 Å². The number of rotatable bonds is 2. The van der Waals surface area contributed by atoms with E-state index >= 15 is 0 Å². The molecular formula is C14H17N5OS. The topological polar surface area (TPSA) is 62.2 Å². The van der Waals surface area contributed by atoms with Crippen LogP contribution in [0.25, 0.3) is 0 Å². The first-order valence-corrected chi connectivity index (χ1v) is 7.73. The van der Waals surface area contributed by atoms with Crippen LogP contribution in [0.1, 0.15) is 21.9 Å². The number of anilines is 1. The minimum absolute atomic E-state index is 0.0831. The fourth-order valence-corrected chi connectivity index (χ4v) is 3.11. The Morgan fingerprint density at radius 1 is 1.24 bits per heavy atom. The molecule has 0 bridgehead atoms. The van der Waals surface area contributed by atoms with E-state index in [4.69, 9.17) is 0 Å². The zero-order chi connectivity index (χ0) is 14.8. The summed E-state index contributed by atoms with van der Waals surface area (Å²) in [5.74, 6) is 1.79. The van der Waals surface area contributed by atoms with E-state index in [0.717, 1.165) is 36.0 Å². The van der Waals surface area contributed by atoms with E-state index in [1.165, 1.54) is 11.5 Å². The Morgan fingerprint density at radius 2 is 2.00 bits per heavy atom. The van der Waals surface area contributed by atoms with E-state index in [-0.39, 0.29) is 5.91 Å². The van der Waals surface area contributed by atoms with E-state index in [0.29, 0.717) is 13.1 Å². The SMILES string of the molecule is Cc1nccc(N2CCN(C(=O)c3csnc3C)CC2)n1. The molecule has 1 aliphatic heterocycles. The van der Waals surface area contributed by atoms with Crippen LogP contribution in [0.3, 0.4) is 0 Å². The van der Waals surface area contributed by atoms with E-state index in [2.05, 4.69) is 19.2 Å². The van der Waals surface area contributed by atoms with Crippen molar-refractivity contribution in [1.29, 1.82) is 0 Å². The number of hydrogen-bond donors (Lipinski definition) is 0. The molecule has 0 aliphatic carbocycles. The minimum atomic E-state index is 0.0831. The van der Waals surface area contributed by atoms with Gasteiger partial charge in [0, 0.05) is 37.8 Å². The Morgan fingerprint density at radius 3 is 2.62 bits per heavy atom. The van der Waals surface area contributed by atoms with Gasteiger partial charge in [0.2, 0.25) is 0 Å². The summed E-state index contributed by atoms with van der Waals surface area (Å²) in [6, 6.07) is 1.91. The lowest BCUT2D eigenvalue weighted by atomic mass is 10.2. The van der Waals surface area contributed by atoms with Gasteiger partial charge in [-0.2, -0.15) is 4.37 Å². The molecule has 110 valence electrons. The van der Waals surface area contributed by atoms with Crippen LogP contribution in [0.2, 0.25) is 0 Å². The predicted octanol–water partition coefficient (Wildman–Crippen LogP) is 1.51. The minimum Gasteiger partial charge on any atom is -0.353 e. The van der Waals surface area contributed by atoms with Crippen LogP contribution in [0.4, 0.5) is 5.82 Å². The molecule has 0 aromatic carbocycles. The summed E-state index contributed by atoms with van der Waals surface area (Å²) in [6.45, 7) is 6.76. The lowest BCUT2D eigenvalue weighted by Crippen LogP contribution is -2.49. The molecule has 1 saturated heterocycles. The molecule has 0 radical (unpaired) electrons. The molecule has 3 heterocycles. The summed E-state index contributed by atoms with van der Waals surface area (Å²) in [7, 11) is 0. The van der Waals surface area contributed by atoms with Gasteiger partial charge in [-0.3, -0.25) is 4.79 Å². The molecule has 1 fully saturated rings. The van der Waals surface area contributed by atoms with E-state index in [9.17, 15) is 4.79 Å². The molecule has 2 aromatic heterocycles. The third-order valence-corrected chi connectivity index (χ3v) is 4.35. The van der Waals surface area contributed by atoms with Crippen LogP contribution in [0, 0.1) is 13.8 Å². The number of aryl methyl sites for hydroxylation is 2. The molecule has 3 rings (SSSR count). The van der Waals surface area contributed by atoms with Crippen molar-refractivity contribution in [2.24, 2.45) is 0 Å². The number of carbonyl (C=O) groups excluding carboxylic acids is 1. The molecular weight excluding hydrogens is 286 g/mol. The first kappa shape index (κ1) is 13.9. The number of aromatic nitrogens is 3. The first-order valence-electron chi connectivity index (χ1n) is 6.90. The van der Waals surface area contributed by atoms with Crippen LogP contribution in [-0.2, 0) is 0 Å². The Kier molecular flexibility index (Phi) is 3.83. The molecule has 1 amide bonds. The fraction of sp³-hybridized carbons (Fsp3) is 0.429. The maximum Gasteiger partial charge on any atom is 0.256 e. The van der Waals surface area contributed by atoms with Gasteiger partial charge in [0.1, 0.15) is 11.6 Å². The molecule has 7 heteroatoms. The molecule has 2 aromatic rings. The highest BCUT2D eigenvalue weighted by Crippen LogP contribution is 2.17. The number of nitrogens with zero attached hydrogens (tertiary/aromatic N) is 5. The lowest BCUT2D eigenvalue weighted by Gasteiger charge is -2.35. The molecule has 0 atom stereocenters. The quantitative estimate of drug-likeness (QED) is 0.841. The van der Waals surface area contributed by atoms with Crippen LogP contribution in [0.15, 0.2) is 17.6 Å². The predicted molar refractivity (Wildman–Crippen MR) is 81.7 cm³/mol. The molecule has 0 saturated carbocycles. The van der Waals surface area contributed by atoms with Crippen molar-refractivity contribution in [2.45, 2.75) is 13.8 Å². The van der Waals surface area contributed by atoms with Crippen LogP contribution in [0.5, 0.6) is 0 Å². The van der Waals surface area contributed by atoms with Gasteiger partial charge in [0.05, 0.1) is 11.3 Å². The van der Waals surface area contributed by atoms with Gasteiger partial charge < -0.3 is 9.80 Å². The average Bonchev–Trinajstić information content (AvgIpc) is 2.93. The van der Waals surface area contributed by atoms with Gasteiger partial charge in [-0.15, -0.1) is 0 Å². The van der Waals surface area contributed by atoms with Crippen molar-refractivity contribution in [3.05, 3.63) is 34.7 Å². The van der Waals surface area contributed by atoms with E-state index in [1.54, 1.807) is 6.20 Å². The maximum atomic E-state index is 12.4. The normalized spacial score (nSPS) is 15.3. The van der Waals surface area contributed by atoms with Gasteiger partial charge in [-0.25, -0.2) is 9.97 Å². The van der Waals surface area contributed by atoms with Crippen LogP contribution < -0.4 is 4.90 Å². The number of hydrogen-bond acceptors (Lipinski definition) is 6. The second kappa shape index (κ2) is 5.77. The van der Waals surface area contributed by atoms with Crippen LogP contribution >= 0.6 is 11.5 Å². The van der Waals surface area contributed by atoms with Crippen molar-refractivity contribution >= 4 is 23.3 Å². The summed E-state index contributed by atoms with van der Waals surface area (Å²) in [4.78, 5) is 25.1. The standard InChI is InChI=1S/C14H17N5OS/c1-10-12(9-21-17-10)14(20)19-7-5-18(6-8-19)13-3-4-15-11(2)16-13/h3-4,9H,5-8H2,1-2H3. The second-order valence-corrected chi connectivity index (χ2v) is 5.68. The zero-order valence-corrected chi connectivity index (χ0v) is 12.9. The highest BCUT2D eigenvalue weighted by Gasteiger charge is 2.24. The third kappa shape index (κ3) is 2.87. The fourth-order valence-electron chi connectivity index (χ4n) is 2.43.